The molecule has 2 aliphatic heterocycles. The smallest absolute Gasteiger partial charge is 0.0575 e. The molecule has 0 N–H and O–H groups in total. The quantitative estimate of drug-likeness (QED) is 0.668. The minimum absolute atomic E-state index is 0.566. The maximum absolute atomic E-state index is 6.22. The molecule has 5 atom stereocenters. The average molecular weight is 248 g/mol. The van der Waals surface area contributed by atoms with Crippen molar-refractivity contribution in [3.05, 3.63) is 0 Å². The topological polar surface area (TPSA) is 9.23 Å². The number of hydrogen-bond donors (Lipinski definition) is 0. The number of ether oxygens (including phenoxy) is 1. The predicted molar refractivity (Wildman–Crippen MR) is 73.4 cm³/mol. The Bertz CT molecular complexity index is 332. The van der Waals surface area contributed by atoms with Crippen molar-refractivity contribution < 1.29 is 4.74 Å². The van der Waals surface area contributed by atoms with Crippen molar-refractivity contribution in [2.45, 2.75) is 71.3 Å². The highest BCUT2D eigenvalue weighted by molar-refractivity contribution is 5.09. The lowest BCUT2D eigenvalue weighted by molar-refractivity contribution is -0.112. The first-order chi connectivity index (χ1) is 8.62. The van der Waals surface area contributed by atoms with Gasteiger partial charge in [-0.3, -0.25) is 0 Å². The molecule has 0 amide bonds. The molecule has 0 aromatic carbocycles. The Morgan fingerprint density at radius 3 is 2.56 bits per heavy atom. The Labute approximate surface area is 112 Å². The van der Waals surface area contributed by atoms with E-state index in [0.717, 1.165) is 24.4 Å². The standard InChI is InChI=1S/C17H28O/c1-16(2)13-6-5-12(10-13)15(16)17-8-3-4-14(7-9-17)18-11-17/h12-15H,3-11H2,1-2H3. The summed E-state index contributed by atoms with van der Waals surface area (Å²) in [6.07, 6.45) is 12.2. The minimum atomic E-state index is 0.566. The van der Waals surface area contributed by atoms with Crippen LogP contribution in [-0.4, -0.2) is 12.7 Å². The van der Waals surface area contributed by atoms with Crippen LogP contribution in [0.25, 0.3) is 0 Å². The molecule has 0 radical (unpaired) electrons. The van der Waals surface area contributed by atoms with Crippen LogP contribution in [0, 0.1) is 28.6 Å². The second-order valence-electron chi connectivity index (χ2n) is 8.30. The molecule has 0 aromatic rings. The Kier molecular flexibility index (Phi) is 2.45. The van der Waals surface area contributed by atoms with E-state index in [4.69, 9.17) is 4.74 Å². The molecule has 5 unspecified atom stereocenters. The summed E-state index contributed by atoms with van der Waals surface area (Å²) in [5.74, 6) is 3.01. The molecule has 5 fully saturated rings. The first-order valence-corrected chi connectivity index (χ1v) is 8.23. The van der Waals surface area contributed by atoms with Crippen molar-refractivity contribution >= 4 is 0 Å². The van der Waals surface area contributed by atoms with Crippen LogP contribution >= 0.6 is 0 Å². The van der Waals surface area contributed by atoms with Crippen LogP contribution in [0.4, 0.5) is 0 Å². The van der Waals surface area contributed by atoms with E-state index < -0.39 is 0 Å². The van der Waals surface area contributed by atoms with Crippen LogP contribution in [0.5, 0.6) is 0 Å². The summed E-state index contributed by atoms with van der Waals surface area (Å²) in [4.78, 5) is 0. The van der Waals surface area contributed by atoms with Crippen molar-refractivity contribution in [1.29, 1.82) is 0 Å². The molecule has 1 nitrogen and oxygen atoms in total. The van der Waals surface area contributed by atoms with Crippen LogP contribution in [0.2, 0.25) is 0 Å². The number of fused-ring (bicyclic) bond motifs is 6. The molecule has 102 valence electrons. The molecule has 1 heteroatoms. The van der Waals surface area contributed by atoms with Gasteiger partial charge in [-0.1, -0.05) is 20.3 Å². The van der Waals surface area contributed by atoms with Crippen molar-refractivity contribution in [2.75, 3.05) is 6.61 Å². The normalized spacial score (nSPS) is 53.7. The van der Waals surface area contributed by atoms with Crippen LogP contribution in [-0.2, 0) is 4.74 Å². The van der Waals surface area contributed by atoms with Crippen LogP contribution < -0.4 is 0 Å². The van der Waals surface area contributed by atoms with Gasteiger partial charge in [0.2, 0.25) is 0 Å². The highest BCUT2D eigenvalue weighted by atomic mass is 16.5. The predicted octanol–water partition coefficient (Wildman–Crippen LogP) is 4.41. The average Bonchev–Trinajstić information content (AvgIpc) is 2.76. The zero-order valence-corrected chi connectivity index (χ0v) is 12.1. The van der Waals surface area contributed by atoms with Crippen molar-refractivity contribution in [2.24, 2.45) is 28.6 Å². The molecule has 18 heavy (non-hydrogen) atoms. The molecule has 5 aliphatic rings. The summed E-state index contributed by atoms with van der Waals surface area (Å²) >= 11 is 0. The monoisotopic (exact) mass is 248 g/mol. The molecule has 3 aliphatic carbocycles. The van der Waals surface area contributed by atoms with Crippen LogP contribution in [0.3, 0.4) is 0 Å². The summed E-state index contributed by atoms with van der Waals surface area (Å²) in [6, 6.07) is 0. The Morgan fingerprint density at radius 1 is 1.00 bits per heavy atom. The molecule has 0 spiro atoms. The van der Waals surface area contributed by atoms with E-state index in [1.54, 1.807) is 0 Å². The second-order valence-corrected chi connectivity index (χ2v) is 8.30. The fraction of sp³-hybridized carbons (Fsp3) is 1.00. The molecule has 4 bridgehead atoms. The van der Waals surface area contributed by atoms with Crippen molar-refractivity contribution in [3.8, 4) is 0 Å². The summed E-state index contributed by atoms with van der Waals surface area (Å²) < 4.78 is 6.22. The first kappa shape index (κ1) is 11.8. The van der Waals surface area contributed by atoms with E-state index in [1.165, 1.54) is 51.4 Å². The zero-order chi connectivity index (χ0) is 12.4. The highest BCUT2D eigenvalue weighted by Crippen LogP contribution is 2.67. The summed E-state index contributed by atoms with van der Waals surface area (Å²) in [7, 11) is 0. The lowest BCUT2D eigenvalue weighted by Gasteiger charge is -2.52. The van der Waals surface area contributed by atoms with Gasteiger partial charge in [-0.15, -0.1) is 0 Å². The van der Waals surface area contributed by atoms with Gasteiger partial charge >= 0.3 is 0 Å². The first-order valence-electron chi connectivity index (χ1n) is 8.23. The van der Waals surface area contributed by atoms with E-state index >= 15 is 0 Å². The Hall–Kier alpha value is -0.0400. The van der Waals surface area contributed by atoms with Gasteiger partial charge in [0, 0.05) is 0 Å². The van der Waals surface area contributed by atoms with Crippen LogP contribution in [0.15, 0.2) is 0 Å². The molecular weight excluding hydrogens is 220 g/mol. The van der Waals surface area contributed by atoms with Crippen LogP contribution in [0.1, 0.15) is 65.2 Å². The third kappa shape index (κ3) is 1.43. The lowest BCUT2D eigenvalue weighted by atomic mass is 9.55. The van der Waals surface area contributed by atoms with E-state index in [-0.39, 0.29) is 0 Å². The third-order valence-electron chi connectivity index (χ3n) is 7.23. The van der Waals surface area contributed by atoms with E-state index in [1.807, 2.05) is 0 Å². The SMILES string of the molecule is CC1(C)C2CCC(C2)C1C12CCCC(CC1)OC2. The molecule has 2 heterocycles. The van der Waals surface area contributed by atoms with Gasteiger partial charge in [0.05, 0.1) is 12.7 Å². The van der Waals surface area contributed by atoms with E-state index in [9.17, 15) is 0 Å². The fourth-order valence-electron chi connectivity index (χ4n) is 6.54. The number of rotatable bonds is 1. The van der Waals surface area contributed by atoms with Gasteiger partial charge in [-0.2, -0.15) is 0 Å². The zero-order valence-electron chi connectivity index (χ0n) is 12.1. The number of hydrogen-bond acceptors (Lipinski definition) is 1. The van der Waals surface area contributed by atoms with Crippen molar-refractivity contribution in [3.63, 3.8) is 0 Å². The molecule has 2 saturated heterocycles. The Morgan fingerprint density at radius 2 is 1.89 bits per heavy atom. The van der Waals surface area contributed by atoms with Gasteiger partial charge in [-0.05, 0) is 73.5 Å². The summed E-state index contributed by atoms with van der Waals surface area (Å²) in [5, 5.41) is 0. The van der Waals surface area contributed by atoms with E-state index in [0.29, 0.717) is 16.9 Å². The summed E-state index contributed by atoms with van der Waals surface area (Å²) in [6.45, 7) is 6.25. The molecule has 3 saturated carbocycles. The van der Waals surface area contributed by atoms with Gasteiger partial charge in [0.1, 0.15) is 0 Å². The summed E-state index contributed by atoms with van der Waals surface area (Å²) in [5.41, 5.74) is 1.15. The largest absolute Gasteiger partial charge is 0.378 e. The molecule has 5 rings (SSSR count). The molecule has 0 aromatic heterocycles. The van der Waals surface area contributed by atoms with Crippen molar-refractivity contribution in [1.82, 2.24) is 0 Å². The maximum atomic E-state index is 6.22. The van der Waals surface area contributed by atoms with Gasteiger partial charge in [0.15, 0.2) is 0 Å². The molecular formula is C17H28O. The van der Waals surface area contributed by atoms with Gasteiger partial charge in [-0.25, -0.2) is 0 Å². The highest BCUT2D eigenvalue weighted by Gasteiger charge is 2.60. The van der Waals surface area contributed by atoms with Gasteiger partial charge < -0.3 is 4.74 Å². The Balaban J connectivity index is 1.69. The lowest BCUT2D eigenvalue weighted by Crippen LogP contribution is -2.48. The second kappa shape index (κ2) is 3.75. The third-order valence-corrected chi connectivity index (χ3v) is 7.23. The maximum Gasteiger partial charge on any atom is 0.0575 e. The fourth-order valence-corrected chi connectivity index (χ4v) is 6.54. The minimum Gasteiger partial charge on any atom is -0.378 e. The van der Waals surface area contributed by atoms with E-state index in [2.05, 4.69) is 13.8 Å². The van der Waals surface area contributed by atoms with Gasteiger partial charge in [0.25, 0.3) is 0 Å².